The van der Waals surface area contributed by atoms with Gasteiger partial charge >= 0.3 is 0 Å². The molecule has 0 radical (unpaired) electrons. The summed E-state index contributed by atoms with van der Waals surface area (Å²) in [5.41, 5.74) is 2.07. The van der Waals surface area contributed by atoms with Crippen LogP contribution in [0.3, 0.4) is 0 Å². The van der Waals surface area contributed by atoms with Crippen molar-refractivity contribution in [3.63, 3.8) is 0 Å². The highest BCUT2D eigenvalue weighted by atomic mass is 19.1. The van der Waals surface area contributed by atoms with Gasteiger partial charge in [0.25, 0.3) is 0 Å². The number of ether oxygens (including phenoxy) is 2. The van der Waals surface area contributed by atoms with Crippen molar-refractivity contribution >= 4 is 16.7 Å². The van der Waals surface area contributed by atoms with Gasteiger partial charge in [-0.2, -0.15) is 0 Å². The van der Waals surface area contributed by atoms with Gasteiger partial charge in [0.15, 0.2) is 5.82 Å². The highest BCUT2D eigenvalue weighted by Crippen LogP contribution is 2.36. The average Bonchev–Trinajstić information content (AvgIpc) is 3.16. The number of rotatable bonds is 6. The second-order valence-electron chi connectivity index (χ2n) is 7.56. The quantitative estimate of drug-likeness (QED) is 0.475. The fourth-order valence-corrected chi connectivity index (χ4v) is 4.10. The zero-order chi connectivity index (χ0) is 21.4. The van der Waals surface area contributed by atoms with Gasteiger partial charge in [0, 0.05) is 32.2 Å². The predicted octanol–water partition coefficient (Wildman–Crippen LogP) is 3.71. The summed E-state index contributed by atoms with van der Waals surface area (Å²) < 4.78 is 26.1. The lowest BCUT2D eigenvalue weighted by Crippen LogP contribution is -2.46. The molecule has 0 spiro atoms. The van der Waals surface area contributed by atoms with E-state index in [9.17, 15) is 4.39 Å². The molecule has 8 heteroatoms. The van der Waals surface area contributed by atoms with Crippen molar-refractivity contribution in [2.24, 2.45) is 0 Å². The fraction of sp³-hybridized carbons (Fsp3) is 0.261. The first-order valence-electron chi connectivity index (χ1n) is 10.0. The van der Waals surface area contributed by atoms with Gasteiger partial charge in [-0.25, -0.2) is 9.37 Å². The molecule has 0 aliphatic carbocycles. The van der Waals surface area contributed by atoms with Crippen molar-refractivity contribution in [3.8, 4) is 11.6 Å². The van der Waals surface area contributed by atoms with Gasteiger partial charge < -0.3 is 14.4 Å². The number of methoxy groups -OCH3 is 2. The molecule has 31 heavy (non-hydrogen) atoms. The molecular formula is C23H22FN5O2. The first kappa shape index (κ1) is 19.4. The molecule has 7 nitrogen and oxygen atoms in total. The third-order valence-electron chi connectivity index (χ3n) is 5.65. The number of hydrogen-bond acceptors (Lipinski definition) is 6. The largest absolute Gasteiger partial charge is 0.481 e. The van der Waals surface area contributed by atoms with Crippen molar-refractivity contribution in [2.75, 3.05) is 32.2 Å². The molecule has 4 aromatic rings. The second kappa shape index (κ2) is 7.96. The first-order chi connectivity index (χ1) is 15.2. The van der Waals surface area contributed by atoms with E-state index in [-0.39, 0.29) is 5.82 Å². The molecule has 0 amide bonds. The Balaban J connectivity index is 1.44. The molecule has 0 saturated carbocycles. The van der Waals surface area contributed by atoms with Crippen molar-refractivity contribution < 1.29 is 13.9 Å². The molecule has 2 aromatic heterocycles. The van der Waals surface area contributed by atoms with E-state index in [0.717, 1.165) is 35.5 Å². The van der Waals surface area contributed by atoms with Crippen molar-refractivity contribution in [3.05, 3.63) is 71.9 Å². The lowest BCUT2D eigenvalue weighted by Gasteiger charge is -2.40. The van der Waals surface area contributed by atoms with Gasteiger partial charge in [0.2, 0.25) is 11.8 Å². The highest BCUT2D eigenvalue weighted by Gasteiger charge is 2.33. The zero-order valence-corrected chi connectivity index (χ0v) is 17.3. The third-order valence-corrected chi connectivity index (χ3v) is 5.65. The third kappa shape index (κ3) is 3.48. The van der Waals surface area contributed by atoms with E-state index >= 15 is 0 Å². The van der Waals surface area contributed by atoms with Crippen LogP contribution in [0, 0.1) is 5.82 Å². The number of fused-ring (bicyclic) bond motifs is 1. The minimum Gasteiger partial charge on any atom is -0.481 e. The Morgan fingerprint density at radius 3 is 2.68 bits per heavy atom. The van der Waals surface area contributed by atoms with E-state index in [1.165, 1.54) is 11.6 Å². The Labute approximate surface area is 179 Å². The van der Waals surface area contributed by atoms with Crippen LogP contribution in [0.4, 0.5) is 10.3 Å². The van der Waals surface area contributed by atoms with E-state index in [2.05, 4.69) is 26.1 Å². The maximum absolute atomic E-state index is 13.6. The first-order valence-corrected chi connectivity index (χ1v) is 10.0. The fourth-order valence-electron chi connectivity index (χ4n) is 4.10. The average molecular weight is 419 g/mol. The van der Waals surface area contributed by atoms with Crippen LogP contribution in [-0.4, -0.2) is 47.1 Å². The van der Waals surface area contributed by atoms with E-state index in [0.29, 0.717) is 24.2 Å². The van der Waals surface area contributed by atoms with Gasteiger partial charge in [-0.05, 0) is 34.5 Å². The topological polar surface area (TPSA) is 65.3 Å². The van der Waals surface area contributed by atoms with Gasteiger partial charge in [0.05, 0.1) is 19.0 Å². The summed E-state index contributed by atoms with van der Waals surface area (Å²) in [6, 6.07) is 14.8. The molecule has 0 atom stereocenters. The van der Waals surface area contributed by atoms with E-state index in [4.69, 9.17) is 9.47 Å². The SMILES string of the molecule is COCc1nnc(N2CC(c3cccc4cc(F)ccc34)C2)n1-c1ccc(OC)nc1. The molecule has 0 N–H and O–H groups in total. The Morgan fingerprint density at radius 1 is 1.06 bits per heavy atom. The Morgan fingerprint density at radius 2 is 1.94 bits per heavy atom. The zero-order valence-electron chi connectivity index (χ0n) is 17.3. The van der Waals surface area contributed by atoms with Crippen LogP contribution in [0.2, 0.25) is 0 Å². The maximum Gasteiger partial charge on any atom is 0.232 e. The van der Waals surface area contributed by atoms with E-state index < -0.39 is 0 Å². The molecule has 0 unspecified atom stereocenters. The second-order valence-corrected chi connectivity index (χ2v) is 7.56. The summed E-state index contributed by atoms with van der Waals surface area (Å²) in [5, 5.41) is 10.8. The lowest BCUT2D eigenvalue weighted by molar-refractivity contribution is 0.176. The van der Waals surface area contributed by atoms with Gasteiger partial charge in [-0.3, -0.25) is 4.57 Å². The van der Waals surface area contributed by atoms with Crippen molar-refractivity contribution in [2.45, 2.75) is 12.5 Å². The van der Waals surface area contributed by atoms with Crippen LogP contribution in [0.1, 0.15) is 17.3 Å². The van der Waals surface area contributed by atoms with Crippen LogP contribution in [-0.2, 0) is 11.3 Å². The highest BCUT2D eigenvalue weighted by molar-refractivity contribution is 5.86. The molecule has 1 fully saturated rings. The minimum atomic E-state index is -0.216. The maximum atomic E-state index is 13.6. The summed E-state index contributed by atoms with van der Waals surface area (Å²) in [6.45, 7) is 1.93. The molecule has 2 aromatic carbocycles. The normalized spacial score (nSPS) is 14.1. The summed E-state index contributed by atoms with van der Waals surface area (Å²) in [6.07, 6.45) is 1.74. The lowest BCUT2D eigenvalue weighted by atomic mass is 9.88. The number of benzene rings is 2. The standard InChI is InChI=1S/C23H22FN5O2/c1-30-14-21-26-27-23(29(21)18-7-9-22(31-2)25-11-18)28-12-16(13-28)19-5-3-4-15-10-17(24)6-8-20(15)19/h3-11,16H,12-14H2,1-2H3. The van der Waals surface area contributed by atoms with Gasteiger partial charge in [-0.15, -0.1) is 10.2 Å². The van der Waals surface area contributed by atoms with E-state index in [1.54, 1.807) is 26.5 Å². The number of halogens is 1. The van der Waals surface area contributed by atoms with Gasteiger partial charge in [-0.1, -0.05) is 24.3 Å². The molecule has 1 aliphatic heterocycles. The van der Waals surface area contributed by atoms with Crippen molar-refractivity contribution in [1.82, 2.24) is 19.7 Å². The number of aromatic nitrogens is 4. The number of pyridine rings is 1. The molecule has 3 heterocycles. The molecule has 158 valence electrons. The van der Waals surface area contributed by atoms with Crippen LogP contribution in [0.5, 0.6) is 5.88 Å². The number of nitrogens with zero attached hydrogens (tertiary/aromatic N) is 5. The summed E-state index contributed by atoms with van der Waals surface area (Å²) in [4.78, 5) is 6.50. The molecular weight excluding hydrogens is 397 g/mol. The van der Waals surface area contributed by atoms with Crippen LogP contribution < -0.4 is 9.64 Å². The predicted molar refractivity (Wildman–Crippen MR) is 115 cm³/mol. The van der Waals surface area contributed by atoms with Gasteiger partial charge in [0.1, 0.15) is 12.4 Å². The Kier molecular flexibility index (Phi) is 4.99. The minimum absolute atomic E-state index is 0.216. The number of hydrogen-bond donors (Lipinski definition) is 0. The smallest absolute Gasteiger partial charge is 0.232 e. The number of anilines is 1. The molecule has 1 aliphatic rings. The summed E-state index contributed by atoms with van der Waals surface area (Å²) in [5.74, 6) is 2.11. The summed E-state index contributed by atoms with van der Waals surface area (Å²) in [7, 11) is 3.22. The molecule has 1 saturated heterocycles. The van der Waals surface area contributed by atoms with Crippen molar-refractivity contribution in [1.29, 1.82) is 0 Å². The summed E-state index contributed by atoms with van der Waals surface area (Å²) >= 11 is 0. The van der Waals surface area contributed by atoms with Crippen LogP contribution in [0.25, 0.3) is 16.5 Å². The van der Waals surface area contributed by atoms with Crippen LogP contribution in [0.15, 0.2) is 54.7 Å². The molecule has 0 bridgehead atoms. The van der Waals surface area contributed by atoms with Crippen LogP contribution >= 0.6 is 0 Å². The Hall–Kier alpha value is -3.52. The Bertz CT molecular complexity index is 1220. The monoisotopic (exact) mass is 419 g/mol. The van der Waals surface area contributed by atoms with E-state index in [1.807, 2.05) is 34.9 Å². The molecule has 5 rings (SSSR count).